The smallest absolute Gasteiger partial charge is 0.242 e. The summed E-state index contributed by atoms with van der Waals surface area (Å²) in [4.78, 5) is 13.6. The van der Waals surface area contributed by atoms with Crippen molar-refractivity contribution in [2.45, 2.75) is 24.9 Å². The van der Waals surface area contributed by atoms with Crippen LogP contribution >= 0.6 is 28.3 Å². The first-order valence-corrected chi connectivity index (χ1v) is 6.10. The van der Waals surface area contributed by atoms with Crippen molar-refractivity contribution < 1.29 is 4.79 Å². The van der Waals surface area contributed by atoms with Crippen LogP contribution in [0.2, 0.25) is 0 Å². The molecule has 5 heteroatoms. The van der Waals surface area contributed by atoms with E-state index in [4.69, 9.17) is 5.73 Å². The molecule has 17 heavy (non-hydrogen) atoms. The highest BCUT2D eigenvalue weighted by molar-refractivity contribution is 9.10. The fraction of sp³-hybridized carbons (Fsp3) is 0.417. The van der Waals surface area contributed by atoms with Crippen LogP contribution in [0.15, 0.2) is 28.7 Å². The van der Waals surface area contributed by atoms with Crippen molar-refractivity contribution in [1.29, 1.82) is 0 Å². The summed E-state index contributed by atoms with van der Waals surface area (Å²) in [6.45, 7) is 0.596. The molecule has 0 aromatic heterocycles. The van der Waals surface area contributed by atoms with Crippen LogP contribution in [0.3, 0.4) is 0 Å². The number of carbonyl (C=O) groups is 1. The second-order valence-corrected chi connectivity index (χ2v) is 5.26. The summed E-state index contributed by atoms with van der Waals surface area (Å²) >= 11 is 3.47. The Morgan fingerprint density at radius 2 is 2.06 bits per heavy atom. The molecule has 2 N–H and O–H groups in total. The number of halogens is 2. The molecule has 1 aromatic carbocycles. The molecule has 0 radical (unpaired) electrons. The molecule has 0 aliphatic heterocycles. The van der Waals surface area contributed by atoms with Crippen molar-refractivity contribution in [2.75, 3.05) is 7.05 Å². The van der Waals surface area contributed by atoms with Crippen LogP contribution in [0, 0.1) is 0 Å². The monoisotopic (exact) mass is 318 g/mol. The number of benzene rings is 1. The maximum Gasteiger partial charge on any atom is 0.242 e. The van der Waals surface area contributed by atoms with E-state index in [9.17, 15) is 4.79 Å². The van der Waals surface area contributed by atoms with E-state index in [1.165, 1.54) is 0 Å². The standard InChI is InChI=1S/C12H15BrN2O.ClH/c1-15(11(16)12(14)6-7-12)8-9-4-2-3-5-10(9)13;/h2-5H,6-8,14H2,1H3;1H. The van der Waals surface area contributed by atoms with Crippen LogP contribution in [-0.2, 0) is 11.3 Å². The third-order valence-electron chi connectivity index (χ3n) is 2.93. The van der Waals surface area contributed by atoms with Gasteiger partial charge in [0, 0.05) is 18.1 Å². The van der Waals surface area contributed by atoms with Gasteiger partial charge >= 0.3 is 0 Å². The van der Waals surface area contributed by atoms with Gasteiger partial charge in [-0.3, -0.25) is 4.79 Å². The van der Waals surface area contributed by atoms with Gasteiger partial charge in [-0.2, -0.15) is 0 Å². The first-order chi connectivity index (χ1) is 7.53. The van der Waals surface area contributed by atoms with E-state index in [1.807, 2.05) is 24.3 Å². The van der Waals surface area contributed by atoms with E-state index >= 15 is 0 Å². The van der Waals surface area contributed by atoms with Crippen molar-refractivity contribution in [2.24, 2.45) is 5.73 Å². The molecule has 2 rings (SSSR count). The van der Waals surface area contributed by atoms with Gasteiger partial charge in [0.25, 0.3) is 0 Å². The van der Waals surface area contributed by atoms with Crippen molar-refractivity contribution >= 4 is 34.2 Å². The van der Waals surface area contributed by atoms with Crippen molar-refractivity contribution in [3.05, 3.63) is 34.3 Å². The lowest BCUT2D eigenvalue weighted by atomic mass is 10.2. The largest absolute Gasteiger partial charge is 0.340 e. The second kappa shape index (κ2) is 5.38. The molecule has 1 aromatic rings. The number of amides is 1. The summed E-state index contributed by atoms with van der Waals surface area (Å²) in [5.74, 6) is 0.0447. The zero-order valence-corrected chi connectivity index (χ0v) is 12.1. The number of rotatable bonds is 3. The Kier molecular flexibility index (Phi) is 4.58. The van der Waals surface area contributed by atoms with Crippen molar-refractivity contribution in [3.63, 3.8) is 0 Å². The number of likely N-dealkylation sites (N-methyl/N-ethyl adjacent to an activating group) is 1. The third-order valence-corrected chi connectivity index (χ3v) is 3.70. The summed E-state index contributed by atoms with van der Waals surface area (Å²) in [6.07, 6.45) is 1.62. The highest BCUT2D eigenvalue weighted by atomic mass is 79.9. The number of carbonyl (C=O) groups excluding carboxylic acids is 1. The molecule has 1 aliphatic carbocycles. The van der Waals surface area contributed by atoms with Crippen LogP contribution in [0.5, 0.6) is 0 Å². The molecule has 0 saturated heterocycles. The lowest BCUT2D eigenvalue weighted by molar-refractivity contribution is -0.132. The molecule has 1 amide bonds. The quantitative estimate of drug-likeness (QED) is 0.929. The van der Waals surface area contributed by atoms with E-state index in [0.29, 0.717) is 6.54 Å². The highest BCUT2D eigenvalue weighted by Crippen LogP contribution is 2.34. The Balaban J connectivity index is 0.00000144. The third kappa shape index (κ3) is 3.21. The summed E-state index contributed by atoms with van der Waals surface area (Å²) in [7, 11) is 1.80. The summed E-state index contributed by atoms with van der Waals surface area (Å²) in [6, 6.07) is 7.90. The van der Waals surface area contributed by atoms with Gasteiger partial charge in [0.2, 0.25) is 5.91 Å². The highest BCUT2D eigenvalue weighted by Gasteiger charge is 2.47. The predicted molar refractivity (Wildman–Crippen MR) is 74.0 cm³/mol. The minimum atomic E-state index is -0.573. The number of hydrogen-bond donors (Lipinski definition) is 1. The van der Waals surface area contributed by atoms with Gasteiger partial charge in [-0.05, 0) is 24.5 Å². The maximum absolute atomic E-state index is 11.9. The van der Waals surface area contributed by atoms with Crippen LogP contribution in [0.25, 0.3) is 0 Å². The zero-order chi connectivity index (χ0) is 11.8. The van der Waals surface area contributed by atoms with Gasteiger partial charge in [0.05, 0.1) is 5.54 Å². The first kappa shape index (κ1) is 14.5. The van der Waals surface area contributed by atoms with Crippen molar-refractivity contribution in [3.8, 4) is 0 Å². The number of nitrogens with two attached hydrogens (primary N) is 1. The SMILES string of the molecule is CN(Cc1ccccc1Br)C(=O)C1(N)CC1.Cl. The summed E-state index contributed by atoms with van der Waals surface area (Å²) in [5.41, 5.74) is 6.41. The van der Waals surface area contributed by atoms with Gasteiger partial charge in [-0.25, -0.2) is 0 Å². The lowest BCUT2D eigenvalue weighted by Gasteiger charge is -2.21. The molecule has 94 valence electrons. The van der Waals surface area contributed by atoms with E-state index in [2.05, 4.69) is 15.9 Å². The minimum absolute atomic E-state index is 0. The van der Waals surface area contributed by atoms with Gasteiger partial charge in [-0.1, -0.05) is 34.1 Å². The van der Waals surface area contributed by atoms with Gasteiger partial charge < -0.3 is 10.6 Å². The average Bonchev–Trinajstić information content (AvgIpc) is 3.00. The van der Waals surface area contributed by atoms with Crippen LogP contribution in [-0.4, -0.2) is 23.4 Å². The van der Waals surface area contributed by atoms with Crippen LogP contribution in [0.4, 0.5) is 0 Å². The van der Waals surface area contributed by atoms with E-state index < -0.39 is 5.54 Å². The average molecular weight is 320 g/mol. The Bertz CT molecular complexity index is 421. The molecular weight excluding hydrogens is 304 g/mol. The number of nitrogens with zero attached hydrogens (tertiary/aromatic N) is 1. The molecule has 3 nitrogen and oxygen atoms in total. The maximum atomic E-state index is 11.9. The summed E-state index contributed by atoms with van der Waals surface area (Å²) in [5, 5.41) is 0. The Morgan fingerprint density at radius 3 is 2.59 bits per heavy atom. The molecule has 1 aliphatic rings. The van der Waals surface area contributed by atoms with Gasteiger partial charge in [0.15, 0.2) is 0 Å². The molecule has 0 heterocycles. The molecule has 1 fully saturated rings. The Hall–Kier alpha value is -0.580. The molecule has 0 unspecified atom stereocenters. The Labute approximate surface area is 116 Å². The molecule has 1 saturated carbocycles. The zero-order valence-electron chi connectivity index (χ0n) is 9.65. The van der Waals surface area contributed by atoms with E-state index in [-0.39, 0.29) is 18.3 Å². The number of hydrogen-bond acceptors (Lipinski definition) is 2. The topological polar surface area (TPSA) is 46.3 Å². The Morgan fingerprint density at radius 1 is 1.47 bits per heavy atom. The van der Waals surface area contributed by atoms with Gasteiger partial charge in [-0.15, -0.1) is 12.4 Å². The van der Waals surface area contributed by atoms with Crippen LogP contribution < -0.4 is 5.73 Å². The molecule has 0 spiro atoms. The fourth-order valence-electron chi connectivity index (χ4n) is 1.68. The van der Waals surface area contributed by atoms with Crippen molar-refractivity contribution in [1.82, 2.24) is 4.90 Å². The summed E-state index contributed by atoms with van der Waals surface area (Å²) < 4.78 is 1.02. The normalized spacial score (nSPS) is 15.9. The van der Waals surface area contributed by atoms with E-state index in [1.54, 1.807) is 11.9 Å². The minimum Gasteiger partial charge on any atom is -0.340 e. The predicted octanol–water partition coefficient (Wildman–Crippen LogP) is 2.32. The van der Waals surface area contributed by atoms with Gasteiger partial charge in [0.1, 0.15) is 0 Å². The lowest BCUT2D eigenvalue weighted by Crippen LogP contribution is -2.43. The van der Waals surface area contributed by atoms with Crippen LogP contribution in [0.1, 0.15) is 18.4 Å². The van der Waals surface area contributed by atoms with E-state index in [0.717, 1.165) is 22.9 Å². The first-order valence-electron chi connectivity index (χ1n) is 5.31. The fourth-order valence-corrected chi connectivity index (χ4v) is 2.09. The second-order valence-electron chi connectivity index (χ2n) is 4.41. The molecule has 0 bridgehead atoms. The molecule has 0 atom stereocenters. The molecular formula is C12H16BrClN2O.